The van der Waals surface area contributed by atoms with Gasteiger partial charge in [-0.05, 0) is 134 Å². The molecule has 2 N–H and O–H groups in total. The van der Waals surface area contributed by atoms with Crippen LogP contribution in [0.2, 0.25) is 0 Å². The molecule has 4 fully saturated rings. The number of carbonyl (C=O) groups excluding carboxylic acids is 2. The summed E-state index contributed by atoms with van der Waals surface area (Å²) in [5, 5.41) is 15.3. The molecule has 3 aromatic rings. The summed E-state index contributed by atoms with van der Waals surface area (Å²) in [6, 6.07) is 22.3. The number of hydrogen-bond donors (Lipinski definition) is 2. The number of carbonyl (C=O) groups is 2. The third kappa shape index (κ3) is 6.83. The number of rotatable bonds is 11. The molecule has 4 aliphatic carbocycles. The maximum Gasteiger partial charge on any atom is 0.266 e. The van der Waals surface area contributed by atoms with Crippen molar-refractivity contribution in [2.45, 2.75) is 50.9 Å². The maximum absolute atomic E-state index is 12.8. The van der Waals surface area contributed by atoms with Crippen molar-refractivity contribution in [1.29, 1.82) is 5.26 Å². The minimum absolute atomic E-state index is 0.0736. The molecule has 2 amide bonds. The third-order valence-corrected chi connectivity index (χ3v) is 9.47. The van der Waals surface area contributed by atoms with Gasteiger partial charge in [0.05, 0.1) is 13.7 Å². The van der Waals surface area contributed by atoms with E-state index >= 15 is 0 Å². The molecular weight excluding hydrogens is 566 g/mol. The van der Waals surface area contributed by atoms with Crippen LogP contribution < -0.4 is 24.8 Å². The second-order valence-electron chi connectivity index (χ2n) is 12.6. The summed E-state index contributed by atoms with van der Waals surface area (Å²) in [6.07, 6.45) is 9.66. The van der Waals surface area contributed by atoms with Gasteiger partial charge < -0.3 is 24.8 Å². The predicted molar refractivity (Wildman–Crippen MR) is 173 cm³/mol. The lowest BCUT2D eigenvalue weighted by atomic mass is 9.48. The first-order chi connectivity index (χ1) is 21.9. The van der Waals surface area contributed by atoms with Gasteiger partial charge in [-0.1, -0.05) is 18.2 Å². The SMILES string of the molecule is CCOc1cc(/C=C(/C#N)C(=O)Nc2ccc(OC)cc2)ccc1OCC(=O)Nc1ccc(C23CC4CC(CC(C4)C2)C3)cc1. The number of methoxy groups -OCH3 is 1. The van der Waals surface area contributed by atoms with E-state index in [0.717, 1.165) is 23.4 Å². The van der Waals surface area contributed by atoms with Crippen molar-refractivity contribution in [3.63, 3.8) is 0 Å². The zero-order valence-electron chi connectivity index (χ0n) is 25.8. The Kier molecular flexibility index (Phi) is 8.79. The lowest BCUT2D eigenvalue weighted by molar-refractivity contribution is -0.118. The fourth-order valence-electron chi connectivity index (χ4n) is 7.90. The van der Waals surface area contributed by atoms with Crippen molar-refractivity contribution in [2.75, 3.05) is 31.0 Å². The summed E-state index contributed by atoms with van der Waals surface area (Å²) < 4.78 is 16.7. The molecule has 0 heterocycles. The maximum atomic E-state index is 12.8. The van der Waals surface area contributed by atoms with Gasteiger partial charge in [-0.15, -0.1) is 0 Å². The lowest BCUT2D eigenvalue weighted by Crippen LogP contribution is -2.48. The highest BCUT2D eigenvalue weighted by atomic mass is 16.5. The summed E-state index contributed by atoms with van der Waals surface area (Å²) in [6.45, 7) is 2.02. The molecular formula is C37H39N3O5. The number of benzene rings is 3. The monoisotopic (exact) mass is 605 g/mol. The Hall–Kier alpha value is -4.77. The molecule has 0 saturated heterocycles. The van der Waals surface area contributed by atoms with E-state index in [9.17, 15) is 14.9 Å². The minimum atomic E-state index is -0.538. The first-order valence-electron chi connectivity index (χ1n) is 15.7. The molecule has 3 aromatic carbocycles. The Balaban J connectivity index is 1.06. The average molecular weight is 606 g/mol. The van der Waals surface area contributed by atoms with Crippen LogP contribution in [-0.4, -0.2) is 32.1 Å². The van der Waals surface area contributed by atoms with Gasteiger partial charge in [0.1, 0.15) is 17.4 Å². The molecule has 8 nitrogen and oxygen atoms in total. The van der Waals surface area contributed by atoms with Gasteiger partial charge in [-0.25, -0.2) is 0 Å². The Labute approximate surface area is 264 Å². The molecule has 45 heavy (non-hydrogen) atoms. The molecule has 0 spiro atoms. The molecule has 0 atom stereocenters. The topological polar surface area (TPSA) is 110 Å². The van der Waals surface area contributed by atoms with Crippen molar-refractivity contribution < 1.29 is 23.8 Å². The molecule has 0 aromatic heterocycles. The second-order valence-corrected chi connectivity index (χ2v) is 12.6. The molecule has 0 unspecified atom stereocenters. The Morgan fingerprint density at radius 1 is 0.867 bits per heavy atom. The average Bonchev–Trinajstić information content (AvgIpc) is 3.03. The number of hydrogen-bond acceptors (Lipinski definition) is 6. The van der Waals surface area contributed by atoms with Gasteiger partial charge in [-0.3, -0.25) is 9.59 Å². The fraction of sp³-hybridized carbons (Fsp3) is 0.378. The predicted octanol–water partition coefficient (Wildman–Crippen LogP) is 7.12. The molecule has 0 radical (unpaired) electrons. The number of nitriles is 1. The molecule has 4 saturated carbocycles. The van der Waals surface area contributed by atoms with Gasteiger partial charge >= 0.3 is 0 Å². The number of nitrogens with one attached hydrogen (secondary N) is 2. The van der Waals surface area contributed by atoms with E-state index in [-0.39, 0.29) is 18.1 Å². The van der Waals surface area contributed by atoms with Crippen molar-refractivity contribution in [2.24, 2.45) is 17.8 Å². The van der Waals surface area contributed by atoms with Gasteiger partial charge in [-0.2, -0.15) is 5.26 Å². The van der Waals surface area contributed by atoms with Crippen molar-refractivity contribution in [1.82, 2.24) is 0 Å². The van der Waals surface area contributed by atoms with Crippen LogP contribution in [0.5, 0.6) is 17.2 Å². The van der Waals surface area contributed by atoms with Crippen molar-refractivity contribution in [3.8, 4) is 23.3 Å². The quantitative estimate of drug-likeness (QED) is 0.178. The van der Waals surface area contributed by atoms with Crippen LogP contribution in [0, 0.1) is 29.1 Å². The Bertz CT molecular complexity index is 1590. The van der Waals surface area contributed by atoms with E-state index in [2.05, 4.69) is 22.8 Å². The molecule has 0 aliphatic heterocycles. The smallest absolute Gasteiger partial charge is 0.266 e. The van der Waals surface area contributed by atoms with Gasteiger partial charge in [0.2, 0.25) is 0 Å². The Morgan fingerprint density at radius 3 is 2.09 bits per heavy atom. The van der Waals surface area contributed by atoms with E-state index in [0.29, 0.717) is 40.5 Å². The zero-order valence-corrected chi connectivity index (χ0v) is 25.8. The number of anilines is 2. The summed E-state index contributed by atoms with van der Waals surface area (Å²) in [7, 11) is 1.56. The number of amides is 2. The van der Waals surface area contributed by atoms with Crippen LogP contribution >= 0.6 is 0 Å². The molecule has 4 bridgehead atoms. The normalized spacial score (nSPS) is 23.1. The summed E-state index contributed by atoms with van der Waals surface area (Å²) in [5.74, 6) is 3.31. The highest BCUT2D eigenvalue weighted by molar-refractivity contribution is 6.09. The molecule has 232 valence electrons. The summed E-state index contributed by atoms with van der Waals surface area (Å²) in [4.78, 5) is 25.5. The molecule has 4 aliphatic rings. The van der Waals surface area contributed by atoms with E-state index in [4.69, 9.17) is 14.2 Å². The first-order valence-corrected chi connectivity index (χ1v) is 15.7. The fourth-order valence-corrected chi connectivity index (χ4v) is 7.90. The van der Waals surface area contributed by atoms with Gasteiger partial charge in [0.15, 0.2) is 18.1 Å². The van der Waals surface area contributed by atoms with E-state index in [1.165, 1.54) is 50.2 Å². The summed E-state index contributed by atoms with van der Waals surface area (Å²) in [5.41, 5.74) is 3.54. The number of nitrogens with zero attached hydrogens (tertiary/aromatic N) is 1. The van der Waals surface area contributed by atoms with Crippen LogP contribution in [0.3, 0.4) is 0 Å². The van der Waals surface area contributed by atoms with E-state index in [1.807, 2.05) is 25.1 Å². The highest BCUT2D eigenvalue weighted by Gasteiger charge is 2.51. The standard InChI is InChI=1S/C37H39N3O5/c1-3-44-34-18-24(17-28(22-38)36(42)40-31-9-11-32(43-2)12-10-31)4-13-33(34)45-23-35(41)39-30-7-5-29(6-8-30)37-19-25-14-26(20-37)16-27(15-25)21-37/h4-13,17-18,25-27H,3,14-16,19-21,23H2,1-2H3,(H,39,41)(H,40,42)/b28-17-. The van der Waals surface area contributed by atoms with Gasteiger partial charge in [0.25, 0.3) is 11.8 Å². The first kappa shape index (κ1) is 30.3. The highest BCUT2D eigenvalue weighted by Crippen LogP contribution is 2.60. The lowest BCUT2D eigenvalue weighted by Gasteiger charge is -2.57. The van der Waals surface area contributed by atoms with Crippen molar-refractivity contribution >= 4 is 29.3 Å². The Morgan fingerprint density at radius 2 is 1.49 bits per heavy atom. The van der Waals surface area contributed by atoms with Crippen molar-refractivity contribution in [3.05, 3.63) is 83.4 Å². The van der Waals surface area contributed by atoms with Crippen LogP contribution in [0.25, 0.3) is 6.08 Å². The van der Waals surface area contributed by atoms with Crippen LogP contribution in [0.1, 0.15) is 56.6 Å². The minimum Gasteiger partial charge on any atom is -0.497 e. The van der Waals surface area contributed by atoms with Gasteiger partial charge in [0, 0.05) is 11.4 Å². The molecule has 8 heteroatoms. The molecule has 7 rings (SSSR count). The second kappa shape index (κ2) is 13.1. The third-order valence-electron chi connectivity index (χ3n) is 9.47. The zero-order chi connectivity index (χ0) is 31.4. The van der Waals surface area contributed by atoms with Crippen LogP contribution in [-0.2, 0) is 15.0 Å². The number of ether oxygens (including phenoxy) is 3. The van der Waals surface area contributed by atoms with Crippen LogP contribution in [0.4, 0.5) is 11.4 Å². The van der Waals surface area contributed by atoms with E-state index in [1.54, 1.807) is 49.6 Å². The van der Waals surface area contributed by atoms with E-state index < -0.39 is 5.91 Å². The summed E-state index contributed by atoms with van der Waals surface area (Å²) >= 11 is 0. The van der Waals surface area contributed by atoms with Crippen LogP contribution in [0.15, 0.2) is 72.3 Å². The largest absolute Gasteiger partial charge is 0.497 e.